The largest absolute Gasteiger partial charge is 0.494 e. The van der Waals surface area contributed by atoms with Crippen LogP contribution in [0.5, 0.6) is 5.75 Å². The van der Waals surface area contributed by atoms with Crippen LogP contribution in [-0.2, 0) is 4.79 Å². The molecule has 1 amide bonds. The molecule has 0 fully saturated rings. The predicted molar refractivity (Wildman–Crippen MR) is 77.1 cm³/mol. The number of para-hydroxylation sites is 1. The lowest BCUT2D eigenvalue weighted by Crippen LogP contribution is -2.07. The second-order valence-electron chi connectivity index (χ2n) is 4.08. The molecule has 0 saturated carbocycles. The number of benzene rings is 2. The van der Waals surface area contributed by atoms with Gasteiger partial charge in [0, 0.05) is 11.8 Å². The predicted octanol–water partition coefficient (Wildman–Crippen LogP) is 3.49. The van der Waals surface area contributed by atoms with Gasteiger partial charge in [-0.1, -0.05) is 24.3 Å². The second kappa shape index (κ2) is 6.52. The molecule has 1 N–H and O–H groups in total. The van der Waals surface area contributed by atoms with Crippen molar-refractivity contribution in [2.75, 3.05) is 12.4 Å². The Bertz CT molecular complexity index is 624. The molecule has 0 radical (unpaired) electrons. The van der Waals surface area contributed by atoms with Gasteiger partial charge in [0.25, 0.3) is 0 Å². The van der Waals surface area contributed by atoms with E-state index in [4.69, 9.17) is 4.74 Å². The van der Waals surface area contributed by atoms with E-state index in [9.17, 15) is 9.18 Å². The van der Waals surface area contributed by atoms with E-state index >= 15 is 0 Å². The Hall–Kier alpha value is -2.62. The Labute approximate surface area is 116 Å². The minimum absolute atomic E-state index is 0.177. The summed E-state index contributed by atoms with van der Waals surface area (Å²) in [6.07, 6.45) is 2.90. The van der Waals surface area contributed by atoms with Gasteiger partial charge in [-0.2, -0.15) is 0 Å². The number of amides is 1. The molecule has 0 aliphatic rings. The zero-order valence-electron chi connectivity index (χ0n) is 11.0. The first-order chi connectivity index (χ1) is 9.69. The van der Waals surface area contributed by atoms with Gasteiger partial charge in [0.05, 0.1) is 7.11 Å². The maximum atomic E-state index is 13.5. The Morgan fingerprint density at radius 1 is 1.20 bits per heavy atom. The van der Waals surface area contributed by atoms with Crippen LogP contribution in [0.15, 0.2) is 54.6 Å². The number of halogens is 1. The van der Waals surface area contributed by atoms with Crippen LogP contribution in [-0.4, -0.2) is 13.0 Å². The highest BCUT2D eigenvalue weighted by atomic mass is 19.1. The minimum atomic E-state index is -0.460. The third kappa shape index (κ3) is 3.68. The number of ether oxygens (including phenoxy) is 1. The molecule has 2 aromatic rings. The van der Waals surface area contributed by atoms with Crippen LogP contribution in [0, 0.1) is 5.82 Å². The fourth-order valence-corrected chi connectivity index (χ4v) is 1.66. The normalized spacial score (nSPS) is 10.5. The van der Waals surface area contributed by atoms with Gasteiger partial charge in [0.15, 0.2) is 11.6 Å². The molecule has 2 rings (SSSR count). The molecule has 0 heterocycles. The molecule has 0 saturated heterocycles. The Morgan fingerprint density at radius 2 is 1.95 bits per heavy atom. The van der Waals surface area contributed by atoms with E-state index in [1.165, 1.54) is 25.3 Å². The topological polar surface area (TPSA) is 38.3 Å². The van der Waals surface area contributed by atoms with Crippen molar-refractivity contribution >= 4 is 17.7 Å². The van der Waals surface area contributed by atoms with Crippen LogP contribution < -0.4 is 10.1 Å². The van der Waals surface area contributed by atoms with E-state index in [1.54, 1.807) is 24.3 Å². The van der Waals surface area contributed by atoms with Gasteiger partial charge in [0.2, 0.25) is 5.91 Å². The first-order valence-electron chi connectivity index (χ1n) is 6.06. The zero-order valence-corrected chi connectivity index (χ0v) is 11.0. The summed E-state index contributed by atoms with van der Waals surface area (Å²) in [5, 5.41) is 2.71. The summed E-state index contributed by atoms with van der Waals surface area (Å²) in [6.45, 7) is 0. The highest BCUT2D eigenvalue weighted by Gasteiger charge is 2.02. The lowest BCUT2D eigenvalue weighted by molar-refractivity contribution is -0.111. The summed E-state index contributed by atoms with van der Waals surface area (Å²) in [5.74, 6) is -0.554. The van der Waals surface area contributed by atoms with Crippen molar-refractivity contribution in [2.45, 2.75) is 0 Å². The van der Waals surface area contributed by atoms with Crippen molar-refractivity contribution in [2.24, 2.45) is 0 Å². The molecule has 2 aromatic carbocycles. The van der Waals surface area contributed by atoms with E-state index in [0.29, 0.717) is 11.3 Å². The molecule has 0 atom stereocenters. The molecule has 0 aromatic heterocycles. The van der Waals surface area contributed by atoms with Crippen LogP contribution in [0.3, 0.4) is 0 Å². The van der Waals surface area contributed by atoms with Crippen molar-refractivity contribution in [1.29, 1.82) is 0 Å². The monoisotopic (exact) mass is 271 g/mol. The summed E-state index contributed by atoms with van der Waals surface area (Å²) in [4.78, 5) is 11.7. The number of carbonyl (C=O) groups is 1. The Kier molecular flexibility index (Phi) is 4.50. The molecule has 0 spiro atoms. The summed E-state index contributed by atoms with van der Waals surface area (Å²) in [5.41, 5.74) is 1.30. The molecule has 0 aliphatic carbocycles. The van der Waals surface area contributed by atoms with Gasteiger partial charge in [-0.05, 0) is 35.9 Å². The third-order valence-corrected chi connectivity index (χ3v) is 2.64. The average Bonchev–Trinajstić information content (AvgIpc) is 2.46. The molecule has 0 bridgehead atoms. The Balaban J connectivity index is 2.02. The number of anilines is 1. The fourth-order valence-electron chi connectivity index (χ4n) is 1.66. The van der Waals surface area contributed by atoms with Gasteiger partial charge in [-0.25, -0.2) is 4.39 Å². The second-order valence-corrected chi connectivity index (χ2v) is 4.08. The van der Waals surface area contributed by atoms with E-state index in [0.717, 1.165) is 0 Å². The lowest BCUT2D eigenvalue weighted by Gasteiger charge is -2.02. The number of carbonyl (C=O) groups excluding carboxylic acids is 1. The van der Waals surface area contributed by atoms with Crippen LogP contribution in [0.4, 0.5) is 10.1 Å². The molecular formula is C16H14FNO2. The summed E-state index contributed by atoms with van der Waals surface area (Å²) < 4.78 is 18.3. The molecule has 102 valence electrons. The minimum Gasteiger partial charge on any atom is -0.494 e. The van der Waals surface area contributed by atoms with Crippen molar-refractivity contribution in [3.63, 3.8) is 0 Å². The van der Waals surface area contributed by atoms with Crippen molar-refractivity contribution in [3.05, 3.63) is 66.0 Å². The van der Waals surface area contributed by atoms with E-state index in [-0.39, 0.29) is 11.7 Å². The van der Waals surface area contributed by atoms with Gasteiger partial charge < -0.3 is 10.1 Å². The standard InChI is InChI=1S/C16H14FNO2/c1-20-15-9-7-12(11-14(15)17)8-10-16(19)18-13-5-3-2-4-6-13/h2-11H,1H3,(H,18,19). The number of nitrogens with one attached hydrogen (secondary N) is 1. The maximum Gasteiger partial charge on any atom is 0.248 e. The van der Waals surface area contributed by atoms with Crippen LogP contribution in [0.2, 0.25) is 0 Å². The summed E-state index contributed by atoms with van der Waals surface area (Å²) in [7, 11) is 1.40. The molecule has 0 aliphatic heterocycles. The van der Waals surface area contributed by atoms with Crippen LogP contribution in [0.25, 0.3) is 6.08 Å². The molecule has 4 heteroatoms. The first kappa shape index (κ1) is 13.8. The average molecular weight is 271 g/mol. The van der Waals surface area contributed by atoms with E-state index in [2.05, 4.69) is 5.32 Å². The van der Waals surface area contributed by atoms with Crippen molar-refractivity contribution < 1.29 is 13.9 Å². The first-order valence-corrected chi connectivity index (χ1v) is 6.06. The maximum absolute atomic E-state index is 13.5. The number of hydrogen-bond donors (Lipinski definition) is 1. The summed E-state index contributed by atoms with van der Waals surface area (Å²) in [6, 6.07) is 13.6. The SMILES string of the molecule is COc1ccc(C=CC(=O)Nc2ccccc2)cc1F. The number of hydrogen-bond acceptors (Lipinski definition) is 2. The summed E-state index contributed by atoms with van der Waals surface area (Å²) >= 11 is 0. The van der Waals surface area contributed by atoms with Gasteiger partial charge in [-0.15, -0.1) is 0 Å². The van der Waals surface area contributed by atoms with Gasteiger partial charge >= 0.3 is 0 Å². The van der Waals surface area contributed by atoms with Crippen molar-refractivity contribution in [3.8, 4) is 5.75 Å². The van der Waals surface area contributed by atoms with Crippen LogP contribution in [0.1, 0.15) is 5.56 Å². The number of methoxy groups -OCH3 is 1. The smallest absolute Gasteiger partial charge is 0.248 e. The quantitative estimate of drug-likeness (QED) is 0.864. The molecule has 20 heavy (non-hydrogen) atoms. The fraction of sp³-hybridized carbons (Fsp3) is 0.0625. The van der Waals surface area contributed by atoms with Crippen molar-refractivity contribution in [1.82, 2.24) is 0 Å². The van der Waals surface area contributed by atoms with E-state index < -0.39 is 5.82 Å². The Morgan fingerprint density at radius 3 is 2.60 bits per heavy atom. The lowest BCUT2D eigenvalue weighted by atomic mass is 10.2. The number of rotatable bonds is 4. The van der Waals surface area contributed by atoms with Gasteiger partial charge in [-0.3, -0.25) is 4.79 Å². The van der Waals surface area contributed by atoms with Crippen LogP contribution >= 0.6 is 0 Å². The molecular weight excluding hydrogens is 257 g/mol. The van der Waals surface area contributed by atoms with E-state index in [1.807, 2.05) is 18.2 Å². The molecule has 0 unspecified atom stereocenters. The molecule has 3 nitrogen and oxygen atoms in total. The zero-order chi connectivity index (χ0) is 14.4. The third-order valence-electron chi connectivity index (χ3n) is 2.64. The van der Waals surface area contributed by atoms with Gasteiger partial charge in [0.1, 0.15) is 0 Å². The highest BCUT2D eigenvalue weighted by molar-refractivity contribution is 6.01. The highest BCUT2D eigenvalue weighted by Crippen LogP contribution is 2.18.